The highest BCUT2D eigenvalue weighted by Gasteiger charge is 2.14. The van der Waals surface area contributed by atoms with Gasteiger partial charge in [-0.25, -0.2) is 0 Å². The lowest BCUT2D eigenvalue weighted by atomic mass is 9.96. The highest BCUT2D eigenvalue weighted by molar-refractivity contribution is 7.20. The summed E-state index contributed by atoms with van der Waals surface area (Å²) in [6.07, 6.45) is 0.636. The van der Waals surface area contributed by atoms with Gasteiger partial charge < -0.3 is 10.4 Å². The number of thiophene rings is 1. The van der Waals surface area contributed by atoms with Crippen LogP contribution in [0.15, 0.2) is 60.7 Å². The zero-order valence-corrected chi connectivity index (χ0v) is 13.6. The first-order chi connectivity index (χ1) is 11.3. The molecule has 2 N–H and O–H groups in total. The van der Waals surface area contributed by atoms with E-state index in [0.717, 1.165) is 20.5 Å². The number of rotatable bonds is 6. The molecule has 0 aliphatic carbocycles. The maximum atomic E-state index is 12.4. The Bertz CT molecular complexity index is 749. The molecule has 2 aromatic carbocycles. The molecule has 118 valence electrons. The summed E-state index contributed by atoms with van der Waals surface area (Å²) >= 11 is 1.50. The molecule has 3 aromatic rings. The van der Waals surface area contributed by atoms with E-state index in [4.69, 9.17) is 0 Å². The Kier molecular flexibility index (Phi) is 5.05. The van der Waals surface area contributed by atoms with Gasteiger partial charge in [0.2, 0.25) is 0 Å². The number of amides is 1. The lowest BCUT2D eigenvalue weighted by Gasteiger charge is -2.16. The average Bonchev–Trinajstić information content (AvgIpc) is 3.03. The van der Waals surface area contributed by atoms with Gasteiger partial charge in [0, 0.05) is 23.8 Å². The lowest BCUT2D eigenvalue weighted by molar-refractivity contribution is 0.0953. The lowest BCUT2D eigenvalue weighted by Crippen LogP contribution is -2.28. The largest absolute Gasteiger partial charge is 0.396 e. The number of aliphatic hydroxyl groups is 1. The molecular formula is C19H19NO2S. The van der Waals surface area contributed by atoms with Gasteiger partial charge in [-0.15, -0.1) is 11.3 Å². The fourth-order valence-electron chi connectivity index (χ4n) is 2.66. The molecule has 0 fully saturated rings. The van der Waals surface area contributed by atoms with Crippen LogP contribution in [0.25, 0.3) is 10.1 Å². The summed E-state index contributed by atoms with van der Waals surface area (Å²) in [4.78, 5) is 13.1. The van der Waals surface area contributed by atoms with Crippen LogP contribution in [-0.2, 0) is 0 Å². The minimum atomic E-state index is -0.0509. The van der Waals surface area contributed by atoms with Gasteiger partial charge in [-0.05, 0) is 29.5 Å². The first-order valence-corrected chi connectivity index (χ1v) is 8.52. The topological polar surface area (TPSA) is 49.3 Å². The molecular weight excluding hydrogens is 306 g/mol. The maximum Gasteiger partial charge on any atom is 0.261 e. The third-order valence-electron chi connectivity index (χ3n) is 3.91. The number of fused-ring (bicyclic) bond motifs is 1. The van der Waals surface area contributed by atoms with Crippen molar-refractivity contribution in [3.63, 3.8) is 0 Å². The molecule has 1 atom stereocenters. The molecule has 23 heavy (non-hydrogen) atoms. The van der Waals surface area contributed by atoms with Gasteiger partial charge in [-0.2, -0.15) is 0 Å². The van der Waals surface area contributed by atoms with E-state index in [1.807, 2.05) is 60.7 Å². The molecule has 0 spiro atoms. The summed E-state index contributed by atoms with van der Waals surface area (Å²) in [5, 5.41) is 13.4. The van der Waals surface area contributed by atoms with Crippen LogP contribution < -0.4 is 5.32 Å². The maximum absolute atomic E-state index is 12.4. The molecule has 1 aromatic heterocycles. The zero-order chi connectivity index (χ0) is 16.1. The summed E-state index contributed by atoms with van der Waals surface area (Å²) < 4.78 is 1.12. The molecule has 0 aliphatic rings. The third-order valence-corrected chi connectivity index (χ3v) is 5.02. The van der Waals surface area contributed by atoms with Crippen LogP contribution in [0, 0.1) is 0 Å². The van der Waals surface area contributed by atoms with E-state index in [0.29, 0.717) is 13.0 Å². The van der Waals surface area contributed by atoms with E-state index >= 15 is 0 Å². The van der Waals surface area contributed by atoms with Gasteiger partial charge in [0.05, 0.1) is 4.88 Å². The van der Waals surface area contributed by atoms with Gasteiger partial charge in [-0.3, -0.25) is 4.79 Å². The van der Waals surface area contributed by atoms with Crippen LogP contribution in [0.1, 0.15) is 27.6 Å². The van der Waals surface area contributed by atoms with Crippen LogP contribution in [0.3, 0.4) is 0 Å². The Morgan fingerprint density at radius 3 is 2.57 bits per heavy atom. The third kappa shape index (κ3) is 3.78. The predicted octanol–water partition coefficient (Wildman–Crippen LogP) is 3.80. The minimum Gasteiger partial charge on any atom is -0.396 e. The Morgan fingerprint density at radius 2 is 1.83 bits per heavy atom. The highest BCUT2D eigenvalue weighted by atomic mass is 32.1. The molecule has 0 bridgehead atoms. The monoisotopic (exact) mass is 325 g/mol. The summed E-state index contributed by atoms with van der Waals surface area (Å²) in [7, 11) is 0. The van der Waals surface area contributed by atoms with Gasteiger partial charge in [0.1, 0.15) is 0 Å². The molecule has 1 amide bonds. The molecule has 1 heterocycles. The van der Waals surface area contributed by atoms with Crippen molar-refractivity contribution in [2.24, 2.45) is 0 Å². The van der Waals surface area contributed by atoms with E-state index in [9.17, 15) is 9.90 Å². The second-order valence-corrected chi connectivity index (χ2v) is 6.56. The number of hydrogen-bond donors (Lipinski definition) is 2. The minimum absolute atomic E-state index is 0.0509. The molecule has 3 rings (SSSR count). The van der Waals surface area contributed by atoms with Crippen LogP contribution in [-0.4, -0.2) is 24.2 Å². The van der Waals surface area contributed by atoms with Crippen LogP contribution in [0.2, 0.25) is 0 Å². The molecule has 0 aliphatic heterocycles. The fraction of sp³-hybridized carbons (Fsp3) is 0.211. The standard InChI is InChI=1S/C19H19NO2S/c21-11-10-16(14-6-2-1-3-7-14)13-20-19(22)18-12-15-8-4-5-9-17(15)23-18/h1-9,12,16,21H,10-11,13H2,(H,20,22). The van der Waals surface area contributed by atoms with Crippen molar-refractivity contribution in [2.75, 3.05) is 13.2 Å². The summed E-state index contributed by atoms with van der Waals surface area (Å²) in [5.74, 6) is 0.0737. The second kappa shape index (κ2) is 7.40. The Labute approximate surface area is 139 Å². The predicted molar refractivity (Wildman–Crippen MR) is 95.0 cm³/mol. The van der Waals surface area contributed by atoms with Crippen molar-refractivity contribution < 1.29 is 9.90 Å². The van der Waals surface area contributed by atoms with E-state index in [-0.39, 0.29) is 18.4 Å². The average molecular weight is 325 g/mol. The number of aliphatic hydroxyl groups excluding tert-OH is 1. The molecule has 0 saturated carbocycles. The number of hydrogen-bond acceptors (Lipinski definition) is 3. The van der Waals surface area contributed by atoms with Crippen molar-refractivity contribution in [1.82, 2.24) is 5.32 Å². The number of carbonyl (C=O) groups is 1. The molecule has 1 unspecified atom stereocenters. The number of benzene rings is 2. The SMILES string of the molecule is O=C(NCC(CCO)c1ccccc1)c1cc2ccccc2s1. The van der Waals surface area contributed by atoms with Crippen LogP contribution in [0.4, 0.5) is 0 Å². The number of carbonyl (C=O) groups excluding carboxylic acids is 1. The van der Waals surface area contributed by atoms with Crippen molar-refractivity contribution in [3.05, 3.63) is 71.1 Å². The van der Waals surface area contributed by atoms with E-state index in [1.54, 1.807) is 0 Å². The normalized spacial score (nSPS) is 12.2. The number of nitrogens with one attached hydrogen (secondary N) is 1. The van der Waals surface area contributed by atoms with Crippen LogP contribution in [0.5, 0.6) is 0 Å². The van der Waals surface area contributed by atoms with Crippen molar-refractivity contribution in [3.8, 4) is 0 Å². The summed E-state index contributed by atoms with van der Waals surface area (Å²) in [5.41, 5.74) is 1.14. The first kappa shape index (κ1) is 15.7. The Hall–Kier alpha value is -2.17. The zero-order valence-electron chi connectivity index (χ0n) is 12.7. The smallest absolute Gasteiger partial charge is 0.261 e. The van der Waals surface area contributed by atoms with Gasteiger partial charge >= 0.3 is 0 Å². The first-order valence-electron chi connectivity index (χ1n) is 7.70. The van der Waals surface area contributed by atoms with E-state index in [2.05, 4.69) is 5.32 Å². The van der Waals surface area contributed by atoms with Gasteiger partial charge in [-0.1, -0.05) is 48.5 Å². The van der Waals surface area contributed by atoms with Gasteiger partial charge in [0.25, 0.3) is 5.91 Å². The molecule has 0 radical (unpaired) electrons. The fourth-order valence-corrected chi connectivity index (χ4v) is 3.64. The van der Waals surface area contributed by atoms with Gasteiger partial charge in [0.15, 0.2) is 0 Å². The molecule has 4 heteroatoms. The molecule has 0 saturated heterocycles. The quantitative estimate of drug-likeness (QED) is 0.724. The molecule has 3 nitrogen and oxygen atoms in total. The Morgan fingerprint density at radius 1 is 1.09 bits per heavy atom. The second-order valence-electron chi connectivity index (χ2n) is 5.48. The summed E-state index contributed by atoms with van der Waals surface area (Å²) in [6, 6.07) is 19.9. The Balaban J connectivity index is 1.69. The van der Waals surface area contributed by atoms with Crippen molar-refractivity contribution in [2.45, 2.75) is 12.3 Å². The van der Waals surface area contributed by atoms with Crippen molar-refractivity contribution in [1.29, 1.82) is 0 Å². The summed E-state index contributed by atoms with van der Waals surface area (Å²) in [6.45, 7) is 0.635. The van der Waals surface area contributed by atoms with Crippen LogP contribution >= 0.6 is 11.3 Å². The van der Waals surface area contributed by atoms with E-state index in [1.165, 1.54) is 11.3 Å². The van der Waals surface area contributed by atoms with E-state index < -0.39 is 0 Å². The van der Waals surface area contributed by atoms with Crippen molar-refractivity contribution >= 4 is 27.3 Å². The highest BCUT2D eigenvalue weighted by Crippen LogP contribution is 2.25.